The molecule has 0 fully saturated rings. The van der Waals surface area contributed by atoms with Gasteiger partial charge in [-0.2, -0.15) is 5.26 Å². The highest BCUT2D eigenvalue weighted by Crippen LogP contribution is 2.29. The molecule has 0 saturated carbocycles. The molecule has 2 aromatic rings. The maximum Gasteiger partial charge on any atom is 0.271 e. The number of nitriles is 1. The Hall–Kier alpha value is -3.11. The minimum Gasteiger partial charge on any atom is -0.494 e. The highest BCUT2D eigenvalue weighted by Gasteiger charge is 2.26. The summed E-state index contributed by atoms with van der Waals surface area (Å²) >= 11 is 0. The van der Waals surface area contributed by atoms with Gasteiger partial charge in [0.25, 0.3) is 5.56 Å². The second kappa shape index (κ2) is 11.3. The maximum atomic E-state index is 13.4. The van der Waals surface area contributed by atoms with Crippen LogP contribution in [0.15, 0.2) is 29.1 Å². The Balaban J connectivity index is 2.49. The van der Waals surface area contributed by atoms with E-state index in [9.17, 15) is 20.0 Å². The van der Waals surface area contributed by atoms with E-state index in [0.717, 1.165) is 17.4 Å². The zero-order valence-electron chi connectivity index (χ0n) is 18.6. The number of nitrogens with zero attached hydrogens (tertiary/aromatic N) is 2. The van der Waals surface area contributed by atoms with Crippen molar-refractivity contribution in [1.82, 2.24) is 4.57 Å². The number of hydrogen-bond donors (Lipinski definition) is 1. The van der Waals surface area contributed by atoms with Crippen LogP contribution in [0.25, 0.3) is 0 Å². The largest absolute Gasteiger partial charge is 0.494 e. The lowest BCUT2D eigenvalue weighted by atomic mass is 9.96. The highest BCUT2D eigenvalue weighted by atomic mass is 16.5. The molecule has 1 aromatic carbocycles. The van der Waals surface area contributed by atoms with E-state index in [1.165, 1.54) is 6.92 Å². The molecule has 7 heteroatoms. The third-order valence-electron chi connectivity index (χ3n) is 4.89. The van der Waals surface area contributed by atoms with Crippen LogP contribution in [0.3, 0.4) is 0 Å². The number of hydrogen-bond acceptors (Lipinski definition) is 6. The number of rotatable bonds is 11. The molecule has 0 amide bonds. The van der Waals surface area contributed by atoms with Gasteiger partial charge >= 0.3 is 0 Å². The molecule has 31 heavy (non-hydrogen) atoms. The Kier molecular flexibility index (Phi) is 8.83. The fourth-order valence-electron chi connectivity index (χ4n) is 3.21. The molecular formula is C24H30N2O5. The third-order valence-corrected chi connectivity index (χ3v) is 4.89. The van der Waals surface area contributed by atoms with Gasteiger partial charge in [0, 0.05) is 13.2 Å². The molecule has 0 bridgehead atoms. The molecule has 7 nitrogen and oxygen atoms in total. The number of benzene rings is 1. The summed E-state index contributed by atoms with van der Waals surface area (Å²) in [4.78, 5) is 26.1. The number of aromatic nitrogens is 1. The summed E-state index contributed by atoms with van der Waals surface area (Å²) in [5.41, 5.74) is -0.406. The minimum absolute atomic E-state index is 0.0411. The molecule has 0 unspecified atom stereocenters. The van der Waals surface area contributed by atoms with Gasteiger partial charge in [-0.1, -0.05) is 25.5 Å². The average molecular weight is 427 g/mol. The SMILES string of the molecule is CCCCOc1ccccc1C(=O)c1c(C)c(C#N)c(=O)n(CCCOC(C)C)c1O. The van der Waals surface area contributed by atoms with Crippen molar-refractivity contribution >= 4 is 5.78 Å². The van der Waals surface area contributed by atoms with Crippen LogP contribution in [0.5, 0.6) is 11.6 Å². The summed E-state index contributed by atoms with van der Waals surface area (Å²) < 4.78 is 12.3. The number of unbranched alkanes of at least 4 members (excludes halogenated alkanes) is 1. The molecule has 1 heterocycles. The number of aromatic hydroxyl groups is 1. The number of ketones is 1. The summed E-state index contributed by atoms with van der Waals surface area (Å²) in [5.74, 6) is -0.536. The van der Waals surface area contributed by atoms with Crippen molar-refractivity contribution < 1.29 is 19.4 Å². The van der Waals surface area contributed by atoms with Crippen molar-refractivity contribution in [3.8, 4) is 17.7 Å². The van der Waals surface area contributed by atoms with Gasteiger partial charge in [0.15, 0.2) is 0 Å². The Bertz CT molecular complexity index is 1020. The van der Waals surface area contributed by atoms with E-state index in [0.29, 0.717) is 25.4 Å². The van der Waals surface area contributed by atoms with Crippen molar-refractivity contribution in [2.75, 3.05) is 13.2 Å². The van der Waals surface area contributed by atoms with Gasteiger partial charge in [0.05, 0.1) is 23.8 Å². The lowest BCUT2D eigenvalue weighted by molar-refractivity contribution is 0.0743. The van der Waals surface area contributed by atoms with Gasteiger partial charge in [-0.25, -0.2) is 0 Å². The van der Waals surface area contributed by atoms with Crippen molar-refractivity contribution in [1.29, 1.82) is 5.26 Å². The number of carbonyl (C=O) groups excluding carboxylic acids is 1. The first kappa shape index (κ1) is 24.2. The zero-order chi connectivity index (χ0) is 23.0. The van der Waals surface area contributed by atoms with Gasteiger partial charge in [-0.3, -0.25) is 14.2 Å². The fraction of sp³-hybridized carbons (Fsp3) is 0.458. The van der Waals surface area contributed by atoms with Crippen LogP contribution >= 0.6 is 0 Å². The predicted octanol–water partition coefficient (Wildman–Crippen LogP) is 3.96. The van der Waals surface area contributed by atoms with Crippen LogP contribution < -0.4 is 10.3 Å². The van der Waals surface area contributed by atoms with E-state index < -0.39 is 17.2 Å². The van der Waals surface area contributed by atoms with E-state index >= 15 is 0 Å². The van der Waals surface area contributed by atoms with Crippen molar-refractivity contribution in [2.24, 2.45) is 0 Å². The van der Waals surface area contributed by atoms with E-state index in [1.807, 2.05) is 26.8 Å². The van der Waals surface area contributed by atoms with Crippen LogP contribution in [0.4, 0.5) is 0 Å². The summed E-state index contributed by atoms with van der Waals surface area (Å²) in [7, 11) is 0. The Morgan fingerprint density at radius 2 is 1.94 bits per heavy atom. The number of carbonyl (C=O) groups is 1. The average Bonchev–Trinajstić information content (AvgIpc) is 2.73. The monoisotopic (exact) mass is 426 g/mol. The van der Waals surface area contributed by atoms with Crippen LogP contribution in [0.1, 0.15) is 67.1 Å². The predicted molar refractivity (Wildman–Crippen MR) is 118 cm³/mol. The normalized spacial score (nSPS) is 10.8. The van der Waals surface area contributed by atoms with E-state index in [-0.39, 0.29) is 34.9 Å². The highest BCUT2D eigenvalue weighted by molar-refractivity contribution is 6.13. The molecule has 0 aliphatic carbocycles. The second-order valence-electron chi connectivity index (χ2n) is 7.57. The molecule has 1 N–H and O–H groups in total. The Labute approximate surface area is 182 Å². The maximum absolute atomic E-state index is 13.4. The van der Waals surface area contributed by atoms with Crippen LogP contribution in [0.2, 0.25) is 0 Å². The van der Waals surface area contributed by atoms with Crippen molar-refractivity contribution in [2.45, 2.75) is 59.6 Å². The molecule has 0 spiro atoms. The first-order chi connectivity index (χ1) is 14.8. The molecule has 166 valence electrons. The summed E-state index contributed by atoms with van der Waals surface area (Å²) in [6.07, 6.45) is 2.28. The second-order valence-corrected chi connectivity index (χ2v) is 7.57. The first-order valence-electron chi connectivity index (χ1n) is 10.6. The van der Waals surface area contributed by atoms with Crippen LogP contribution in [-0.4, -0.2) is 34.8 Å². The molecule has 1 aromatic heterocycles. The summed E-state index contributed by atoms with van der Waals surface area (Å²) in [6.45, 7) is 8.32. The van der Waals surface area contributed by atoms with Crippen molar-refractivity contribution in [3.05, 3.63) is 56.9 Å². The molecule has 0 aliphatic rings. The van der Waals surface area contributed by atoms with Gasteiger partial charge in [-0.15, -0.1) is 0 Å². The molecule has 0 atom stereocenters. The molecular weight excluding hydrogens is 396 g/mol. The van der Waals surface area contributed by atoms with Gasteiger partial charge in [0.2, 0.25) is 11.7 Å². The van der Waals surface area contributed by atoms with E-state index in [2.05, 4.69) is 0 Å². The quantitative estimate of drug-likeness (QED) is 0.431. The number of pyridine rings is 1. The van der Waals surface area contributed by atoms with E-state index in [4.69, 9.17) is 9.47 Å². The first-order valence-corrected chi connectivity index (χ1v) is 10.6. The van der Waals surface area contributed by atoms with Crippen LogP contribution in [-0.2, 0) is 11.3 Å². The molecule has 0 radical (unpaired) electrons. The smallest absolute Gasteiger partial charge is 0.271 e. The Morgan fingerprint density at radius 3 is 2.58 bits per heavy atom. The van der Waals surface area contributed by atoms with Gasteiger partial charge in [0.1, 0.15) is 17.4 Å². The zero-order valence-corrected chi connectivity index (χ0v) is 18.6. The fourth-order valence-corrected chi connectivity index (χ4v) is 3.21. The van der Waals surface area contributed by atoms with Gasteiger partial charge in [-0.05, 0) is 51.3 Å². The summed E-state index contributed by atoms with van der Waals surface area (Å²) in [5, 5.41) is 20.4. The summed E-state index contributed by atoms with van der Waals surface area (Å²) in [6, 6.07) is 8.66. The lowest BCUT2D eigenvalue weighted by Crippen LogP contribution is -2.27. The molecule has 2 rings (SSSR count). The lowest BCUT2D eigenvalue weighted by Gasteiger charge is -2.17. The van der Waals surface area contributed by atoms with Crippen LogP contribution in [0, 0.1) is 18.3 Å². The topological polar surface area (TPSA) is 102 Å². The molecule has 0 aliphatic heterocycles. The standard InChI is InChI=1S/C24H30N2O5/c1-5-6-13-31-20-11-8-7-10-18(20)22(27)21-17(4)19(15-25)23(28)26(24(21)29)12-9-14-30-16(2)3/h7-8,10-11,16,29H,5-6,9,12-14H2,1-4H3. The number of ether oxygens (including phenoxy) is 2. The Morgan fingerprint density at radius 1 is 1.23 bits per heavy atom. The van der Waals surface area contributed by atoms with Gasteiger partial charge < -0.3 is 14.6 Å². The van der Waals surface area contributed by atoms with E-state index in [1.54, 1.807) is 24.3 Å². The van der Waals surface area contributed by atoms with Crippen molar-refractivity contribution in [3.63, 3.8) is 0 Å². The molecule has 0 saturated heterocycles. The number of para-hydroxylation sites is 1. The third kappa shape index (κ3) is 5.74. The minimum atomic E-state index is -0.619.